The number of hydrogen-bond donors (Lipinski definition) is 2. The molecule has 35 heavy (non-hydrogen) atoms. The largest absolute Gasteiger partial charge is 0.478 e. The first-order valence-electron chi connectivity index (χ1n) is 10.9. The summed E-state index contributed by atoms with van der Waals surface area (Å²) >= 11 is 6.34. The summed E-state index contributed by atoms with van der Waals surface area (Å²) in [7, 11) is 0. The summed E-state index contributed by atoms with van der Waals surface area (Å²) in [5, 5.41) is 12.9. The van der Waals surface area contributed by atoms with Crippen LogP contribution in [0.15, 0.2) is 65.8 Å². The smallest absolute Gasteiger partial charge is 0.335 e. The highest BCUT2D eigenvalue weighted by Crippen LogP contribution is 2.35. The van der Waals surface area contributed by atoms with E-state index in [1.807, 2.05) is 19.1 Å². The normalized spacial score (nSPS) is 12.3. The van der Waals surface area contributed by atoms with Gasteiger partial charge < -0.3 is 10.4 Å². The number of aromatic carboxylic acids is 1. The zero-order chi connectivity index (χ0) is 24.7. The third-order valence-corrected chi connectivity index (χ3v) is 6.17. The Balaban J connectivity index is 1.60. The Morgan fingerprint density at radius 3 is 2.63 bits per heavy atom. The fourth-order valence-electron chi connectivity index (χ4n) is 4.24. The van der Waals surface area contributed by atoms with Crippen LogP contribution in [0.2, 0.25) is 5.02 Å². The molecule has 0 bridgehead atoms. The van der Waals surface area contributed by atoms with Crippen LogP contribution in [0.1, 0.15) is 38.2 Å². The van der Waals surface area contributed by atoms with E-state index in [-0.39, 0.29) is 17.9 Å². The van der Waals surface area contributed by atoms with Gasteiger partial charge in [-0.15, -0.1) is 0 Å². The fraction of sp³-hybridized carbons (Fsp3) is 0.111. The van der Waals surface area contributed by atoms with Gasteiger partial charge in [0.1, 0.15) is 5.82 Å². The Morgan fingerprint density at radius 2 is 1.89 bits per heavy atom. The number of benzene rings is 3. The molecule has 3 aromatic carbocycles. The van der Waals surface area contributed by atoms with E-state index in [1.165, 1.54) is 12.1 Å². The molecule has 0 fully saturated rings. The molecule has 174 valence electrons. The first-order chi connectivity index (χ1) is 16.8. The molecule has 0 unspecified atom stereocenters. The Morgan fingerprint density at radius 1 is 1.06 bits per heavy atom. The van der Waals surface area contributed by atoms with Crippen LogP contribution >= 0.6 is 11.6 Å². The van der Waals surface area contributed by atoms with E-state index >= 15 is 0 Å². The Labute approximate surface area is 206 Å². The van der Waals surface area contributed by atoms with Gasteiger partial charge in [-0.3, -0.25) is 4.99 Å². The van der Waals surface area contributed by atoms with Gasteiger partial charge in [0, 0.05) is 39.2 Å². The summed E-state index contributed by atoms with van der Waals surface area (Å²) in [5.41, 5.74) is 6.16. The number of carboxylic acid groups (broad SMARTS) is 1. The van der Waals surface area contributed by atoms with E-state index in [4.69, 9.17) is 21.6 Å². The van der Waals surface area contributed by atoms with Crippen molar-refractivity contribution >= 4 is 34.9 Å². The van der Waals surface area contributed by atoms with E-state index in [9.17, 15) is 14.3 Å². The van der Waals surface area contributed by atoms with Crippen molar-refractivity contribution in [2.24, 2.45) is 4.99 Å². The van der Waals surface area contributed by atoms with E-state index in [0.29, 0.717) is 44.8 Å². The van der Waals surface area contributed by atoms with Gasteiger partial charge >= 0.3 is 5.97 Å². The lowest BCUT2D eigenvalue weighted by Gasteiger charge is -2.14. The number of nitrogens with zero attached hydrogens (tertiary/aromatic N) is 3. The Kier molecular flexibility index (Phi) is 5.78. The predicted molar refractivity (Wildman–Crippen MR) is 134 cm³/mol. The minimum Gasteiger partial charge on any atom is -0.478 e. The monoisotopic (exact) mass is 486 g/mol. The van der Waals surface area contributed by atoms with Crippen LogP contribution < -0.4 is 5.32 Å². The van der Waals surface area contributed by atoms with Crippen LogP contribution in [-0.2, 0) is 6.54 Å². The molecule has 0 atom stereocenters. The lowest BCUT2D eigenvalue weighted by Crippen LogP contribution is -2.09. The number of carboxylic acids is 1. The molecule has 1 aliphatic heterocycles. The van der Waals surface area contributed by atoms with Crippen LogP contribution in [-0.4, -0.2) is 26.8 Å². The maximum absolute atomic E-state index is 14.9. The molecule has 1 aromatic heterocycles. The molecule has 0 aliphatic carbocycles. The molecule has 1 aliphatic rings. The summed E-state index contributed by atoms with van der Waals surface area (Å²) in [4.78, 5) is 25.2. The Bertz CT molecular complexity index is 1510. The number of carbonyl (C=O) groups is 1. The van der Waals surface area contributed by atoms with Crippen LogP contribution in [0, 0.1) is 19.7 Å². The number of anilines is 2. The van der Waals surface area contributed by atoms with Crippen molar-refractivity contribution in [3.05, 3.63) is 105 Å². The topological polar surface area (TPSA) is 87.5 Å². The summed E-state index contributed by atoms with van der Waals surface area (Å²) in [6, 6.07) is 15.3. The fourth-order valence-corrected chi connectivity index (χ4v) is 4.41. The van der Waals surface area contributed by atoms with Crippen molar-refractivity contribution in [3.8, 4) is 11.3 Å². The quantitative estimate of drug-likeness (QED) is 0.351. The van der Waals surface area contributed by atoms with Gasteiger partial charge in [0.15, 0.2) is 0 Å². The van der Waals surface area contributed by atoms with Crippen LogP contribution in [0.5, 0.6) is 0 Å². The second-order valence-electron chi connectivity index (χ2n) is 8.31. The molecule has 0 amide bonds. The second-order valence-corrected chi connectivity index (χ2v) is 8.75. The zero-order valence-electron chi connectivity index (χ0n) is 18.9. The SMILES string of the molecule is Cc1cc(Nc2ncc3c(n2)-c2ccc(Cl)cc2C(c2c(C)cccc2F)=NC3)ccc1C(=O)O. The van der Waals surface area contributed by atoms with Crippen LogP contribution in [0.25, 0.3) is 11.3 Å². The van der Waals surface area contributed by atoms with Gasteiger partial charge in [-0.1, -0.05) is 29.8 Å². The van der Waals surface area contributed by atoms with Gasteiger partial charge in [0.2, 0.25) is 5.95 Å². The van der Waals surface area contributed by atoms with Crippen molar-refractivity contribution in [3.63, 3.8) is 0 Å². The molecule has 2 N–H and O–H groups in total. The molecule has 0 saturated carbocycles. The summed E-state index contributed by atoms with van der Waals surface area (Å²) in [6.45, 7) is 3.86. The maximum Gasteiger partial charge on any atom is 0.335 e. The number of halogens is 2. The average molecular weight is 487 g/mol. The first kappa shape index (κ1) is 22.7. The molecule has 0 spiro atoms. The molecule has 8 heteroatoms. The third kappa shape index (κ3) is 4.26. The summed E-state index contributed by atoms with van der Waals surface area (Å²) in [6.07, 6.45) is 1.70. The van der Waals surface area contributed by atoms with Gasteiger partial charge in [-0.05, 0) is 61.4 Å². The van der Waals surface area contributed by atoms with Crippen LogP contribution in [0.3, 0.4) is 0 Å². The van der Waals surface area contributed by atoms with Gasteiger partial charge in [0.05, 0.1) is 23.5 Å². The number of aliphatic imine (C=N–C) groups is 1. The van der Waals surface area contributed by atoms with Gasteiger partial charge in [0.25, 0.3) is 0 Å². The number of aromatic nitrogens is 2. The lowest BCUT2D eigenvalue weighted by molar-refractivity contribution is 0.0696. The lowest BCUT2D eigenvalue weighted by atomic mass is 9.93. The number of rotatable bonds is 4. The predicted octanol–water partition coefficient (Wildman–Crippen LogP) is 6.35. The zero-order valence-corrected chi connectivity index (χ0v) is 19.7. The van der Waals surface area contributed by atoms with Gasteiger partial charge in [-0.25, -0.2) is 19.2 Å². The molecule has 5 rings (SSSR count). The number of nitrogens with one attached hydrogen (secondary N) is 1. The molecule has 2 heterocycles. The van der Waals surface area contributed by atoms with Crippen molar-refractivity contribution in [1.82, 2.24) is 9.97 Å². The highest BCUT2D eigenvalue weighted by molar-refractivity contribution is 6.31. The summed E-state index contributed by atoms with van der Waals surface area (Å²) in [5.74, 6) is -0.988. The van der Waals surface area contributed by atoms with Crippen molar-refractivity contribution in [2.45, 2.75) is 20.4 Å². The van der Waals surface area contributed by atoms with Gasteiger partial charge in [-0.2, -0.15) is 0 Å². The van der Waals surface area contributed by atoms with Crippen molar-refractivity contribution in [1.29, 1.82) is 0 Å². The van der Waals surface area contributed by atoms with Crippen molar-refractivity contribution in [2.75, 3.05) is 5.32 Å². The number of aryl methyl sites for hydroxylation is 2. The number of hydrogen-bond acceptors (Lipinski definition) is 5. The van der Waals surface area contributed by atoms with Crippen LogP contribution in [0.4, 0.5) is 16.0 Å². The highest BCUT2D eigenvalue weighted by Gasteiger charge is 2.24. The van der Waals surface area contributed by atoms with Crippen molar-refractivity contribution < 1.29 is 14.3 Å². The first-order valence-corrected chi connectivity index (χ1v) is 11.3. The average Bonchev–Trinajstić information content (AvgIpc) is 2.96. The standard InChI is InChI=1S/C27H20ClFN4O2/c1-14-4-3-5-22(29)23(14)25-21-11-17(28)6-8-20(21)24-16(12-30-25)13-31-27(33-24)32-18-7-9-19(26(34)35)15(2)10-18/h3-11,13H,12H2,1-2H3,(H,34,35)(H,31,32,33). The molecular weight excluding hydrogens is 467 g/mol. The van der Waals surface area contributed by atoms with E-state index in [0.717, 1.165) is 16.7 Å². The molecule has 6 nitrogen and oxygen atoms in total. The number of fused-ring (bicyclic) bond motifs is 3. The highest BCUT2D eigenvalue weighted by atomic mass is 35.5. The molecule has 0 saturated heterocycles. The third-order valence-electron chi connectivity index (χ3n) is 5.94. The minimum absolute atomic E-state index is 0.234. The summed E-state index contributed by atoms with van der Waals surface area (Å²) < 4.78 is 14.9. The van der Waals surface area contributed by atoms with E-state index < -0.39 is 5.97 Å². The molecule has 0 radical (unpaired) electrons. The van der Waals surface area contributed by atoms with E-state index in [1.54, 1.807) is 43.5 Å². The minimum atomic E-state index is -0.980. The second kappa shape index (κ2) is 8.92. The molecular formula is C27H20ClFN4O2. The van der Waals surface area contributed by atoms with E-state index in [2.05, 4.69) is 10.3 Å². The molecule has 4 aromatic rings. The maximum atomic E-state index is 14.9. The Hall–Kier alpha value is -4.10.